The summed E-state index contributed by atoms with van der Waals surface area (Å²) in [6.45, 7) is 2.79. The number of anilines is 2. The van der Waals surface area contributed by atoms with Crippen LogP contribution in [0.5, 0.6) is 0 Å². The Hall–Kier alpha value is -1.89. The van der Waals surface area contributed by atoms with Crippen molar-refractivity contribution >= 4 is 56.4 Å². The van der Waals surface area contributed by atoms with E-state index in [1.807, 2.05) is 47.3 Å². The molecule has 0 fully saturated rings. The number of hydrogen-bond donors (Lipinski definition) is 2. The van der Waals surface area contributed by atoms with Crippen molar-refractivity contribution in [2.24, 2.45) is 0 Å². The molecule has 4 nitrogen and oxygen atoms in total. The van der Waals surface area contributed by atoms with Crippen molar-refractivity contribution in [1.29, 1.82) is 0 Å². The van der Waals surface area contributed by atoms with E-state index in [2.05, 4.69) is 50.7 Å². The first-order valence-corrected chi connectivity index (χ1v) is 10.8. The van der Waals surface area contributed by atoms with Gasteiger partial charge in [-0.3, -0.25) is 4.68 Å². The SMILES string of the molecule is CCCCc1ccc(NC(=S)Nc2nn(Cc3ccccc3Cl)cc2Br)cc1. The molecule has 146 valence electrons. The van der Waals surface area contributed by atoms with Crippen LogP contribution in [0.1, 0.15) is 30.9 Å². The van der Waals surface area contributed by atoms with Gasteiger partial charge in [0.2, 0.25) is 0 Å². The lowest BCUT2D eigenvalue weighted by atomic mass is 10.1. The number of unbranched alkanes of at least 4 members (excludes halogenated alkanes) is 1. The van der Waals surface area contributed by atoms with Crippen LogP contribution >= 0.6 is 39.7 Å². The van der Waals surface area contributed by atoms with Crippen LogP contribution in [0.15, 0.2) is 59.2 Å². The molecule has 0 radical (unpaired) electrons. The van der Waals surface area contributed by atoms with E-state index in [-0.39, 0.29) is 0 Å². The largest absolute Gasteiger partial charge is 0.332 e. The lowest BCUT2D eigenvalue weighted by Crippen LogP contribution is -2.19. The van der Waals surface area contributed by atoms with Gasteiger partial charge in [-0.05, 0) is 70.3 Å². The first kappa shape index (κ1) is 20.8. The molecular weight excluding hydrogens is 456 g/mol. The molecule has 0 spiro atoms. The van der Waals surface area contributed by atoms with Crippen LogP contribution in [0.4, 0.5) is 11.5 Å². The van der Waals surface area contributed by atoms with E-state index in [9.17, 15) is 0 Å². The molecule has 1 heterocycles. The second-order valence-corrected chi connectivity index (χ2v) is 8.16. The summed E-state index contributed by atoms with van der Waals surface area (Å²) >= 11 is 15.2. The molecule has 0 aliphatic carbocycles. The molecule has 2 N–H and O–H groups in total. The second kappa shape index (κ2) is 10.0. The minimum absolute atomic E-state index is 0.491. The molecule has 2 aromatic carbocycles. The molecule has 0 bridgehead atoms. The summed E-state index contributed by atoms with van der Waals surface area (Å²) in [5.74, 6) is 0.657. The number of nitrogens with zero attached hydrogens (tertiary/aromatic N) is 2. The Kier molecular flexibility index (Phi) is 7.48. The van der Waals surface area contributed by atoms with Crippen molar-refractivity contribution < 1.29 is 0 Å². The van der Waals surface area contributed by atoms with Crippen molar-refractivity contribution in [3.05, 3.63) is 75.4 Å². The molecule has 0 saturated carbocycles. The molecule has 3 aromatic rings. The van der Waals surface area contributed by atoms with Crippen molar-refractivity contribution in [3.8, 4) is 0 Å². The highest BCUT2D eigenvalue weighted by Gasteiger charge is 2.10. The summed E-state index contributed by atoms with van der Waals surface area (Å²) < 4.78 is 2.65. The average Bonchev–Trinajstić information content (AvgIpc) is 3.02. The number of aromatic nitrogens is 2. The molecule has 0 aliphatic heterocycles. The number of nitrogens with one attached hydrogen (secondary N) is 2. The topological polar surface area (TPSA) is 41.9 Å². The smallest absolute Gasteiger partial charge is 0.176 e. The molecule has 0 saturated heterocycles. The van der Waals surface area contributed by atoms with Gasteiger partial charge in [0.25, 0.3) is 0 Å². The minimum Gasteiger partial charge on any atom is -0.332 e. The van der Waals surface area contributed by atoms with E-state index >= 15 is 0 Å². The lowest BCUT2D eigenvalue weighted by molar-refractivity contribution is 0.690. The fourth-order valence-corrected chi connectivity index (χ4v) is 3.59. The van der Waals surface area contributed by atoms with Crippen molar-refractivity contribution in [3.63, 3.8) is 0 Å². The predicted molar refractivity (Wildman–Crippen MR) is 125 cm³/mol. The van der Waals surface area contributed by atoms with E-state index in [1.54, 1.807) is 0 Å². The molecule has 3 rings (SSSR count). The Balaban J connectivity index is 1.59. The van der Waals surface area contributed by atoms with Crippen molar-refractivity contribution in [2.75, 3.05) is 10.6 Å². The fourth-order valence-electron chi connectivity index (χ4n) is 2.77. The van der Waals surface area contributed by atoms with Crippen LogP contribution in [0.2, 0.25) is 5.02 Å². The molecule has 0 atom stereocenters. The van der Waals surface area contributed by atoms with E-state index < -0.39 is 0 Å². The monoisotopic (exact) mass is 476 g/mol. The van der Waals surface area contributed by atoms with Gasteiger partial charge in [0.05, 0.1) is 11.0 Å². The molecule has 1 aromatic heterocycles. The minimum atomic E-state index is 0.491. The van der Waals surface area contributed by atoms with E-state index in [1.165, 1.54) is 18.4 Å². The van der Waals surface area contributed by atoms with E-state index in [4.69, 9.17) is 23.8 Å². The Morgan fingerprint density at radius 3 is 2.61 bits per heavy atom. The van der Waals surface area contributed by atoms with Crippen LogP contribution in [0.25, 0.3) is 0 Å². The summed E-state index contributed by atoms with van der Waals surface area (Å²) in [5.41, 5.74) is 3.30. The van der Waals surface area contributed by atoms with Crippen LogP contribution in [0, 0.1) is 0 Å². The van der Waals surface area contributed by atoms with Gasteiger partial charge in [0.15, 0.2) is 10.9 Å². The van der Waals surface area contributed by atoms with E-state index in [0.29, 0.717) is 17.5 Å². The van der Waals surface area contributed by atoms with Crippen molar-refractivity contribution in [2.45, 2.75) is 32.7 Å². The third-order valence-corrected chi connectivity index (χ3v) is 5.42. The Labute approximate surface area is 184 Å². The van der Waals surface area contributed by atoms with Crippen molar-refractivity contribution in [1.82, 2.24) is 9.78 Å². The normalized spacial score (nSPS) is 10.7. The van der Waals surface area contributed by atoms with Crippen LogP contribution in [0.3, 0.4) is 0 Å². The van der Waals surface area contributed by atoms with Gasteiger partial charge in [0.1, 0.15) is 0 Å². The third-order valence-electron chi connectivity index (χ3n) is 4.27. The molecular formula is C21H22BrClN4S. The quantitative estimate of drug-likeness (QED) is 0.381. The maximum atomic E-state index is 6.24. The summed E-state index contributed by atoms with van der Waals surface area (Å²) in [7, 11) is 0. The zero-order valence-electron chi connectivity index (χ0n) is 15.6. The molecule has 7 heteroatoms. The second-order valence-electron chi connectivity index (χ2n) is 6.49. The molecule has 0 amide bonds. The lowest BCUT2D eigenvalue weighted by Gasteiger charge is -2.10. The number of hydrogen-bond acceptors (Lipinski definition) is 2. The number of thiocarbonyl (C=S) groups is 1. The van der Waals surface area contributed by atoms with Gasteiger partial charge < -0.3 is 10.6 Å². The Morgan fingerprint density at radius 1 is 1.14 bits per heavy atom. The molecule has 0 aliphatic rings. The van der Waals surface area contributed by atoms with Gasteiger partial charge in [0, 0.05) is 16.9 Å². The Morgan fingerprint density at radius 2 is 1.89 bits per heavy atom. The highest BCUT2D eigenvalue weighted by Crippen LogP contribution is 2.23. The third kappa shape index (κ3) is 5.80. The number of rotatable bonds is 7. The number of aryl methyl sites for hydroxylation is 1. The number of halogens is 2. The number of benzene rings is 2. The summed E-state index contributed by atoms with van der Waals surface area (Å²) in [5, 5.41) is 12.1. The molecule has 0 unspecified atom stereocenters. The first-order chi connectivity index (χ1) is 13.5. The zero-order chi connectivity index (χ0) is 19.9. The van der Waals surface area contributed by atoms with Crippen LogP contribution < -0.4 is 10.6 Å². The maximum Gasteiger partial charge on any atom is 0.176 e. The van der Waals surface area contributed by atoms with E-state index in [0.717, 1.165) is 27.2 Å². The fraction of sp³-hybridized carbons (Fsp3) is 0.238. The highest BCUT2D eigenvalue weighted by molar-refractivity contribution is 9.10. The van der Waals surface area contributed by atoms with Gasteiger partial charge in [-0.25, -0.2) is 0 Å². The van der Waals surface area contributed by atoms with Gasteiger partial charge in [-0.1, -0.05) is 55.3 Å². The average molecular weight is 478 g/mol. The summed E-state index contributed by atoms with van der Waals surface area (Å²) in [6, 6.07) is 16.1. The Bertz CT molecular complexity index is 940. The summed E-state index contributed by atoms with van der Waals surface area (Å²) in [6.07, 6.45) is 5.41. The van der Waals surface area contributed by atoms with Gasteiger partial charge in [-0.2, -0.15) is 5.10 Å². The first-order valence-electron chi connectivity index (χ1n) is 9.18. The standard InChI is InChI=1S/C21H22BrClN4S/c1-2-3-6-15-9-11-17(12-10-15)24-21(28)25-20-18(22)14-27(26-20)13-16-7-4-5-8-19(16)23/h4-5,7-12,14H,2-3,6,13H2,1H3,(H2,24,25,26,28). The maximum absolute atomic E-state index is 6.24. The highest BCUT2D eigenvalue weighted by atomic mass is 79.9. The van der Waals surface area contributed by atoms with Crippen LogP contribution in [-0.4, -0.2) is 14.9 Å². The van der Waals surface area contributed by atoms with Gasteiger partial charge >= 0.3 is 0 Å². The zero-order valence-corrected chi connectivity index (χ0v) is 18.7. The summed E-state index contributed by atoms with van der Waals surface area (Å²) in [4.78, 5) is 0. The molecule has 28 heavy (non-hydrogen) atoms. The van der Waals surface area contributed by atoms with Gasteiger partial charge in [-0.15, -0.1) is 0 Å². The predicted octanol–water partition coefficient (Wildman–Crippen LogP) is 6.50. The van der Waals surface area contributed by atoms with Crippen LogP contribution in [-0.2, 0) is 13.0 Å².